The molecule has 0 bridgehead atoms. The van der Waals surface area contributed by atoms with E-state index in [2.05, 4.69) is 0 Å². The molecule has 5 nitrogen and oxygen atoms in total. The van der Waals surface area contributed by atoms with Crippen LogP contribution in [0.25, 0.3) is 10.9 Å². The lowest BCUT2D eigenvalue weighted by atomic mass is 10.1. The SMILES string of the molecule is O=C(O)c1cn(OCC2CC2)c2cc(F)c(F)cc2c1=O. The number of benzene rings is 1. The largest absolute Gasteiger partial charge is 0.477 e. The van der Waals surface area contributed by atoms with Gasteiger partial charge in [-0.05, 0) is 24.8 Å². The Morgan fingerprint density at radius 3 is 2.62 bits per heavy atom. The highest BCUT2D eigenvalue weighted by molar-refractivity contribution is 5.92. The van der Waals surface area contributed by atoms with E-state index < -0.39 is 28.6 Å². The number of carboxylic acid groups (broad SMARTS) is 1. The third-order valence-electron chi connectivity index (χ3n) is 3.39. The highest BCUT2D eigenvalue weighted by Gasteiger charge is 2.23. The van der Waals surface area contributed by atoms with Gasteiger partial charge in [0.2, 0.25) is 5.43 Å². The first-order chi connectivity index (χ1) is 9.97. The van der Waals surface area contributed by atoms with Crippen LogP contribution in [0.2, 0.25) is 0 Å². The average molecular weight is 295 g/mol. The van der Waals surface area contributed by atoms with Crippen molar-refractivity contribution in [3.63, 3.8) is 0 Å². The number of hydrogen-bond donors (Lipinski definition) is 1. The van der Waals surface area contributed by atoms with Gasteiger partial charge in [-0.2, -0.15) is 4.73 Å². The monoisotopic (exact) mass is 295 g/mol. The average Bonchev–Trinajstić information content (AvgIpc) is 3.24. The zero-order valence-corrected chi connectivity index (χ0v) is 10.8. The van der Waals surface area contributed by atoms with E-state index in [1.165, 1.54) is 0 Å². The van der Waals surface area contributed by atoms with E-state index in [1.54, 1.807) is 0 Å². The van der Waals surface area contributed by atoms with Gasteiger partial charge in [-0.25, -0.2) is 13.6 Å². The number of aromatic carboxylic acids is 1. The standard InChI is InChI=1S/C14H11F2NO4/c15-10-3-8-12(4-11(10)16)17(21-6-7-1-2-7)5-9(13(8)18)14(19)20/h3-5,7H,1-2,6H2,(H,19,20). The van der Waals surface area contributed by atoms with Crippen molar-refractivity contribution in [2.75, 3.05) is 6.61 Å². The lowest BCUT2D eigenvalue weighted by Gasteiger charge is -2.13. The Morgan fingerprint density at radius 1 is 1.33 bits per heavy atom. The predicted molar refractivity (Wildman–Crippen MR) is 69.3 cm³/mol. The quantitative estimate of drug-likeness (QED) is 0.934. The summed E-state index contributed by atoms with van der Waals surface area (Å²) >= 11 is 0. The molecule has 110 valence electrons. The maximum atomic E-state index is 13.4. The third-order valence-corrected chi connectivity index (χ3v) is 3.39. The van der Waals surface area contributed by atoms with Crippen molar-refractivity contribution in [3.05, 3.63) is 45.8 Å². The van der Waals surface area contributed by atoms with Gasteiger partial charge in [-0.3, -0.25) is 4.79 Å². The number of carboxylic acids is 1. The predicted octanol–water partition coefficient (Wildman–Crippen LogP) is 1.82. The van der Waals surface area contributed by atoms with Crippen molar-refractivity contribution in [2.24, 2.45) is 5.92 Å². The summed E-state index contributed by atoms with van der Waals surface area (Å²) in [6, 6.07) is 1.51. The number of pyridine rings is 1. The van der Waals surface area contributed by atoms with Gasteiger partial charge in [-0.15, -0.1) is 0 Å². The summed E-state index contributed by atoms with van der Waals surface area (Å²) in [5, 5.41) is 8.79. The van der Waals surface area contributed by atoms with Gasteiger partial charge in [0.15, 0.2) is 11.6 Å². The van der Waals surface area contributed by atoms with Crippen LogP contribution in [0.3, 0.4) is 0 Å². The van der Waals surface area contributed by atoms with Gasteiger partial charge >= 0.3 is 5.97 Å². The lowest BCUT2D eigenvalue weighted by Crippen LogP contribution is -2.23. The molecule has 1 N–H and O–H groups in total. The minimum atomic E-state index is -1.45. The van der Waals surface area contributed by atoms with Crippen molar-refractivity contribution < 1.29 is 23.5 Å². The van der Waals surface area contributed by atoms with Crippen molar-refractivity contribution in [1.29, 1.82) is 0 Å². The van der Waals surface area contributed by atoms with Crippen LogP contribution in [0.5, 0.6) is 0 Å². The van der Waals surface area contributed by atoms with Crippen LogP contribution in [0.1, 0.15) is 23.2 Å². The number of rotatable bonds is 4. The first-order valence-electron chi connectivity index (χ1n) is 6.38. The second kappa shape index (κ2) is 4.83. The van der Waals surface area contributed by atoms with Crippen LogP contribution < -0.4 is 10.3 Å². The Kier molecular flexibility index (Phi) is 3.12. The van der Waals surface area contributed by atoms with Gasteiger partial charge in [0, 0.05) is 6.07 Å². The van der Waals surface area contributed by atoms with E-state index in [1.807, 2.05) is 0 Å². The molecule has 1 aromatic carbocycles. The fraction of sp³-hybridized carbons (Fsp3) is 0.286. The zero-order valence-electron chi connectivity index (χ0n) is 10.8. The molecule has 3 rings (SSSR count). The van der Waals surface area contributed by atoms with E-state index in [-0.39, 0.29) is 10.9 Å². The topological polar surface area (TPSA) is 68.5 Å². The minimum absolute atomic E-state index is 0.00421. The highest BCUT2D eigenvalue weighted by Crippen LogP contribution is 2.28. The summed E-state index contributed by atoms with van der Waals surface area (Å²) in [7, 11) is 0. The number of aromatic nitrogens is 1. The Morgan fingerprint density at radius 2 is 2.00 bits per heavy atom. The number of carbonyl (C=O) groups is 1. The normalized spacial score (nSPS) is 14.4. The molecule has 7 heteroatoms. The van der Waals surface area contributed by atoms with E-state index >= 15 is 0 Å². The molecule has 1 aromatic heterocycles. The summed E-state index contributed by atoms with van der Waals surface area (Å²) in [6.07, 6.45) is 3.01. The molecule has 0 amide bonds. The second-order valence-electron chi connectivity index (χ2n) is 5.03. The van der Waals surface area contributed by atoms with Gasteiger partial charge in [0.05, 0.1) is 17.1 Å². The Hall–Kier alpha value is -2.44. The summed E-state index contributed by atoms with van der Waals surface area (Å²) in [6.45, 7) is 0.329. The maximum Gasteiger partial charge on any atom is 0.341 e. The van der Waals surface area contributed by atoms with Crippen LogP contribution >= 0.6 is 0 Å². The van der Waals surface area contributed by atoms with Gasteiger partial charge < -0.3 is 9.94 Å². The summed E-state index contributed by atoms with van der Waals surface area (Å²) in [5.74, 6) is -3.42. The summed E-state index contributed by atoms with van der Waals surface area (Å²) in [5.41, 5.74) is -1.42. The van der Waals surface area contributed by atoms with Gasteiger partial charge in [0.1, 0.15) is 12.2 Å². The molecule has 1 aliphatic rings. The smallest absolute Gasteiger partial charge is 0.341 e. The number of fused-ring (bicyclic) bond motifs is 1. The molecule has 0 radical (unpaired) electrons. The van der Waals surface area contributed by atoms with Crippen molar-refractivity contribution in [3.8, 4) is 0 Å². The highest BCUT2D eigenvalue weighted by atomic mass is 19.2. The molecule has 0 aliphatic heterocycles. The molecule has 2 aromatic rings. The number of halogens is 2. The summed E-state index contributed by atoms with van der Waals surface area (Å²) in [4.78, 5) is 28.5. The number of hydrogen-bond acceptors (Lipinski definition) is 3. The molecule has 0 spiro atoms. The van der Waals surface area contributed by atoms with Crippen LogP contribution in [0.15, 0.2) is 23.1 Å². The van der Waals surface area contributed by atoms with Crippen molar-refractivity contribution >= 4 is 16.9 Å². The maximum absolute atomic E-state index is 13.4. The van der Waals surface area contributed by atoms with Crippen LogP contribution in [0, 0.1) is 17.6 Å². The van der Waals surface area contributed by atoms with Crippen LogP contribution in [0.4, 0.5) is 8.78 Å². The Bertz CT molecular complexity index is 796. The second-order valence-corrected chi connectivity index (χ2v) is 5.03. The molecule has 1 aliphatic carbocycles. The first-order valence-corrected chi connectivity index (χ1v) is 6.38. The molecule has 1 heterocycles. The van der Waals surface area contributed by atoms with E-state index in [0.717, 1.165) is 29.8 Å². The number of nitrogens with zero attached hydrogens (tertiary/aromatic N) is 1. The van der Waals surface area contributed by atoms with Gasteiger partial charge in [-0.1, -0.05) is 0 Å². The van der Waals surface area contributed by atoms with E-state index in [0.29, 0.717) is 18.6 Å². The Balaban J connectivity index is 2.22. The molecule has 1 fully saturated rings. The van der Waals surface area contributed by atoms with Gasteiger partial charge in [0.25, 0.3) is 0 Å². The lowest BCUT2D eigenvalue weighted by molar-refractivity contribution is 0.0685. The minimum Gasteiger partial charge on any atom is -0.477 e. The fourth-order valence-electron chi connectivity index (χ4n) is 2.02. The molecule has 0 atom stereocenters. The third kappa shape index (κ3) is 2.46. The van der Waals surface area contributed by atoms with E-state index in [9.17, 15) is 18.4 Å². The molecule has 1 saturated carbocycles. The van der Waals surface area contributed by atoms with Crippen LogP contribution in [-0.2, 0) is 0 Å². The molecule has 0 unspecified atom stereocenters. The van der Waals surface area contributed by atoms with E-state index in [4.69, 9.17) is 9.94 Å². The molecule has 0 saturated heterocycles. The zero-order chi connectivity index (χ0) is 15.1. The van der Waals surface area contributed by atoms with Crippen molar-refractivity contribution in [1.82, 2.24) is 4.73 Å². The molecular formula is C14H11F2NO4. The Labute approximate surface area is 117 Å². The fourth-order valence-corrected chi connectivity index (χ4v) is 2.02. The first kappa shape index (κ1) is 13.5. The summed E-state index contributed by atoms with van der Waals surface area (Å²) < 4.78 is 27.7. The van der Waals surface area contributed by atoms with Crippen molar-refractivity contribution in [2.45, 2.75) is 12.8 Å². The van der Waals surface area contributed by atoms with Crippen LogP contribution in [-0.4, -0.2) is 22.4 Å². The molecule has 21 heavy (non-hydrogen) atoms. The molecular weight excluding hydrogens is 284 g/mol.